The highest BCUT2D eigenvalue weighted by Gasteiger charge is 2.16. The van der Waals surface area contributed by atoms with Crippen LogP contribution >= 0.6 is 11.8 Å². The first-order chi connectivity index (χ1) is 8.28. The van der Waals surface area contributed by atoms with Gasteiger partial charge < -0.3 is 9.84 Å². The molecule has 0 amide bonds. The summed E-state index contributed by atoms with van der Waals surface area (Å²) in [5.41, 5.74) is -0.558. The first kappa shape index (κ1) is 14.5. The molecule has 0 saturated carbocycles. The Bertz CT molecular complexity index is 454. The van der Waals surface area contributed by atoms with Gasteiger partial charge in [0.1, 0.15) is 11.3 Å². The van der Waals surface area contributed by atoms with Gasteiger partial charge >= 0.3 is 11.9 Å². The number of pyridine rings is 1. The third-order valence-corrected chi connectivity index (χ3v) is 2.60. The summed E-state index contributed by atoms with van der Waals surface area (Å²) in [6.45, 7) is 5.37. The molecule has 0 fully saturated rings. The number of carbonyl (C=O) groups excluding carboxylic acids is 1. The van der Waals surface area contributed by atoms with Gasteiger partial charge in [0.25, 0.3) is 0 Å². The highest BCUT2D eigenvalue weighted by atomic mass is 32.2. The van der Waals surface area contributed by atoms with Gasteiger partial charge in [-0.1, -0.05) is 17.8 Å². The molecule has 0 aliphatic heterocycles. The summed E-state index contributed by atoms with van der Waals surface area (Å²) in [4.78, 5) is 26.1. The molecule has 1 heterocycles. The van der Waals surface area contributed by atoms with Gasteiger partial charge in [-0.15, -0.1) is 0 Å². The largest absolute Gasteiger partial charge is 0.477 e. The lowest BCUT2D eigenvalue weighted by molar-refractivity contribution is -0.151. The van der Waals surface area contributed by atoms with Crippen LogP contribution in [-0.2, 0) is 9.53 Å². The smallest absolute Gasteiger partial charge is 0.354 e. The number of thioether (sulfide) groups is 1. The number of aromatic carboxylic acids is 1. The predicted molar refractivity (Wildman–Crippen MR) is 67.8 cm³/mol. The van der Waals surface area contributed by atoms with E-state index in [0.717, 1.165) is 11.8 Å². The van der Waals surface area contributed by atoms with E-state index in [1.54, 1.807) is 32.9 Å². The lowest BCUT2D eigenvalue weighted by Crippen LogP contribution is -2.24. The molecule has 0 atom stereocenters. The number of carbonyl (C=O) groups is 2. The van der Waals surface area contributed by atoms with Crippen LogP contribution in [0.1, 0.15) is 31.3 Å². The Morgan fingerprint density at radius 3 is 2.61 bits per heavy atom. The summed E-state index contributed by atoms with van der Waals surface area (Å²) in [5.74, 6) is -1.34. The van der Waals surface area contributed by atoms with E-state index in [4.69, 9.17) is 9.84 Å². The van der Waals surface area contributed by atoms with Gasteiger partial charge in [0.05, 0.1) is 10.8 Å². The lowest BCUT2D eigenvalue weighted by atomic mass is 10.2. The zero-order valence-electron chi connectivity index (χ0n) is 10.5. The van der Waals surface area contributed by atoms with E-state index in [9.17, 15) is 9.59 Å². The van der Waals surface area contributed by atoms with E-state index in [-0.39, 0.29) is 17.4 Å². The van der Waals surface area contributed by atoms with Gasteiger partial charge in [-0.2, -0.15) is 0 Å². The number of aromatic nitrogens is 1. The van der Waals surface area contributed by atoms with Crippen LogP contribution in [0.5, 0.6) is 0 Å². The molecule has 1 N–H and O–H groups in total. The second-order valence-electron chi connectivity index (χ2n) is 4.54. The minimum atomic E-state index is -1.09. The minimum absolute atomic E-state index is 0.0378. The summed E-state index contributed by atoms with van der Waals surface area (Å²) >= 11 is 1.15. The van der Waals surface area contributed by atoms with E-state index in [1.165, 1.54) is 6.07 Å². The van der Waals surface area contributed by atoms with E-state index < -0.39 is 11.6 Å². The fourth-order valence-corrected chi connectivity index (χ4v) is 1.78. The standard InChI is InChI=1S/C12H15NO4S/c1-12(2,3)17-10(14)7-18-9-6-4-5-8(13-9)11(15)16/h4-6H,7H2,1-3H3,(H,15,16). The summed E-state index contributed by atoms with van der Waals surface area (Å²) in [6, 6.07) is 4.65. The van der Waals surface area contributed by atoms with Gasteiger partial charge in [0, 0.05) is 0 Å². The summed E-state index contributed by atoms with van der Waals surface area (Å²) in [7, 11) is 0. The van der Waals surface area contributed by atoms with Gasteiger partial charge in [0.15, 0.2) is 0 Å². The highest BCUT2D eigenvalue weighted by Crippen LogP contribution is 2.17. The molecule has 1 aromatic rings. The summed E-state index contributed by atoms with van der Waals surface area (Å²) in [6.07, 6.45) is 0. The average molecular weight is 269 g/mol. The van der Waals surface area contributed by atoms with Crippen LogP contribution in [0.2, 0.25) is 0 Å². The Morgan fingerprint density at radius 1 is 1.39 bits per heavy atom. The molecule has 0 aromatic carbocycles. The van der Waals surface area contributed by atoms with E-state index in [2.05, 4.69) is 4.98 Å². The SMILES string of the molecule is CC(C)(C)OC(=O)CSc1cccc(C(=O)O)n1. The van der Waals surface area contributed by atoms with E-state index in [0.29, 0.717) is 5.03 Å². The summed E-state index contributed by atoms with van der Waals surface area (Å²) < 4.78 is 5.13. The molecule has 0 radical (unpaired) electrons. The van der Waals surface area contributed by atoms with Crippen molar-refractivity contribution in [2.75, 3.05) is 5.75 Å². The topological polar surface area (TPSA) is 76.5 Å². The maximum Gasteiger partial charge on any atom is 0.354 e. The first-order valence-electron chi connectivity index (χ1n) is 5.33. The molecule has 0 aliphatic rings. The molecule has 1 rings (SSSR count). The van der Waals surface area contributed by atoms with Crippen molar-refractivity contribution in [2.45, 2.75) is 31.4 Å². The van der Waals surface area contributed by atoms with Crippen LogP contribution < -0.4 is 0 Å². The normalized spacial score (nSPS) is 11.1. The molecule has 6 heteroatoms. The Hall–Kier alpha value is -1.56. The molecule has 0 bridgehead atoms. The van der Waals surface area contributed by atoms with Crippen molar-refractivity contribution in [1.29, 1.82) is 0 Å². The molecule has 98 valence electrons. The van der Waals surface area contributed by atoms with Crippen LogP contribution in [0.25, 0.3) is 0 Å². The van der Waals surface area contributed by atoms with Crippen molar-refractivity contribution in [3.05, 3.63) is 23.9 Å². The van der Waals surface area contributed by atoms with Crippen molar-refractivity contribution in [3.8, 4) is 0 Å². The zero-order chi connectivity index (χ0) is 13.8. The molecular weight excluding hydrogens is 254 g/mol. The van der Waals surface area contributed by atoms with Gasteiger partial charge in [-0.05, 0) is 32.9 Å². The number of nitrogens with zero attached hydrogens (tertiary/aromatic N) is 1. The maximum absolute atomic E-state index is 11.5. The average Bonchev–Trinajstić information content (AvgIpc) is 2.24. The molecule has 0 saturated heterocycles. The Kier molecular flexibility index (Phi) is 4.72. The predicted octanol–water partition coefficient (Wildman–Crippen LogP) is 2.21. The maximum atomic E-state index is 11.5. The van der Waals surface area contributed by atoms with Crippen LogP contribution in [0, 0.1) is 0 Å². The number of rotatable bonds is 4. The van der Waals surface area contributed by atoms with Crippen LogP contribution in [-0.4, -0.2) is 33.4 Å². The van der Waals surface area contributed by atoms with Crippen molar-refractivity contribution in [3.63, 3.8) is 0 Å². The molecule has 0 unspecified atom stereocenters. The summed E-state index contributed by atoms with van der Waals surface area (Å²) in [5, 5.41) is 9.26. The molecule has 18 heavy (non-hydrogen) atoms. The Morgan fingerprint density at radius 2 is 2.06 bits per heavy atom. The zero-order valence-corrected chi connectivity index (χ0v) is 11.3. The fourth-order valence-electron chi connectivity index (χ4n) is 1.12. The second-order valence-corrected chi connectivity index (χ2v) is 5.54. The molecular formula is C12H15NO4S. The molecule has 1 aromatic heterocycles. The van der Waals surface area contributed by atoms with E-state index in [1.807, 2.05) is 0 Å². The number of ether oxygens (including phenoxy) is 1. The highest BCUT2D eigenvalue weighted by molar-refractivity contribution is 7.99. The monoisotopic (exact) mass is 269 g/mol. The molecule has 5 nitrogen and oxygen atoms in total. The van der Waals surface area contributed by atoms with Gasteiger partial charge in [-0.25, -0.2) is 9.78 Å². The third-order valence-electron chi connectivity index (χ3n) is 1.70. The molecule has 0 spiro atoms. The van der Waals surface area contributed by atoms with E-state index >= 15 is 0 Å². The van der Waals surface area contributed by atoms with Crippen LogP contribution in [0.15, 0.2) is 23.2 Å². The second kappa shape index (κ2) is 5.86. The third kappa shape index (κ3) is 5.18. The molecule has 0 aliphatic carbocycles. The number of hydrogen-bond donors (Lipinski definition) is 1. The Labute approximate surface area is 110 Å². The van der Waals surface area contributed by atoms with Crippen molar-refractivity contribution in [1.82, 2.24) is 4.98 Å². The lowest BCUT2D eigenvalue weighted by Gasteiger charge is -2.19. The van der Waals surface area contributed by atoms with Crippen LogP contribution in [0.4, 0.5) is 0 Å². The Balaban J connectivity index is 2.56. The number of carboxylic acid groups (broad SMARTS) is 1. The minimum Gasteiger partial charge on any atom is -0.477 e. The number of carboxylic acids is 1. The van der Waals surface area contributed by atoms with Gasteiger partial charge in [0.2, 0.25) is 0 Å². The fraction of sp³-hybridized carbons (Fsp3) is 0.417. The van der Waals surface area contributed by atoms with Crippen LogP contribution in [0.3, 0.4) is 0 Å². The first-order valence-corrected chi connectivity index (χ1v) is 6.31. The van der Waals surface area contributed by atoms with Crippen molar-refractivity contribution < 1.29 is 19.4 Å². The van der Waals surface area contributed by atoms with Crippen molar-refractivity contribution in [2.24, 2.45) is 0 Å². The number of hydrogen-bond acceptors (Lipinski definition) is 5. The van der Waals surface area contributed by atoms with Gasteiger partial charge in [-0.3, -0.25) is 4.79 Å². The quantitative estimate of drug-likeness (QED) is 0.667. The number of esters is 1. The van der Waals surface area contributed by atoms with Crippen molar-refractivity contribution >= 4 is 23.7 Å².